The summed E-state index contributed by atoms with van der Waals surface area (Å²) in [6, 6.07) is 13.0. The van der Waals surface area contributed by atoms with Crippen LogP contribution in [0, 0.1) is 19.8 Å². The van der Waals surface area contributed by atoms with E-state index >= 15 is 0 Å². The van der Waals surface area contributed by atoms with Crippen molar-refractivity contribution in [1.29, 1.82) is 0 Å². The summed E-state index contributed by atoms with van der Waals surface area (Å²) in [7, 11) is 1.60. The van der Waals surface area contributed by atoms with Crippen molar-refractivity contribution in [2.45, 2.75) is 33.6 Å². The highest BCUT2D eigenvalue weighted by molar-refractivity contribution is 5.96. The Kier molecular flexibility index (Phi) is 8.09. The molecule has 3 rings (SSSR count). The minimum absolute atomic E-state index is 0.0327. The second kappa shape index (κ2) is 11.0. The van der Waals surface area contributed by atoms with Crippen LogP contribution in [0.1, 0.15) is 41.3 Å². The van der Waals surface area contributed by atoms with Crippen molar-refractivity contribution >= 4 is 29.1 Å². The summed E-state index contributed by atoms with van der Waals surface area (Å²) in [5.41, 5.74) is 4.18. The minimum Gasteiger partial charge on any atom is -0.376 e. The molecule has 0 saturated carbocycles. The number of benzene rings is 2. The predicted octanol–water partition coefficient (Wildman–Crippen LogP) is 3.68. The lowest BCUT2D eigenvalue weighted by Crippen LogP contribution is -2.39. The quantitative estimate of drug-likeness (QED) is 0.674. The predicted molar refractivity (Wildman–Crippen MR) is 131 cm³/mol. The van der Waals surface area contributed by atoms with Crippen LogP contribution in [0.3, 0.4) is 0 Å². The Morgan fingerprint density at radius 2 is 1.82 bits per heavy atom. The largest absolute Gasteiger partial charge is 0.376 e. The molecule has 1 saturated heterocycles. The van der Waals surface area contributed by atoms with Gasteiger partial charge in [-0.3, -0.25) is 14.4 Å². The number of rotatable bonds is 7. The van der Waals surface area contributed by atoms with Crippen LogP contribution in [0.25, 0.3) is 0 Å². The van der Waals surface area contributed by atoms with Crippen molar-refractivity contribution in [3.8, 4) is 0 Å². The van der Waals surface area contributed by atoms with E-state index in [1.807, 2.05) is 55.1 Å². The number of nitrogens with one attached hydrogen (secondary N) is 2. The Hall–Kier alpha value is -3.35. The Morgan fingerprint density at radius 3 is 2.48 bits per heavy atom. The second-order valence-corrected chi connectivity index (χ2v) is 9.05. The van der Waals surface area contributed by atoms with Crippen molar-refractivity contribution in [3.05, 3.63) is 59.2 Å². The van der Waals surface area contributed by atoms with Gasteiger partial charge in [-0.05, 0) is 68.5 Å². The van der Waals surface area contributed by atoms with Gasteiger partial charge in [0.25, 0.3) is 5.91 Å². The average Bonchev–Trinajstić information content (AvgIpc) is 2.79. The fourth-order valence-electron chi connectivity index (χ4n) is 4.00. The van der Waals surface area contributed by atoms with E-state index in [-0.39, 0.29) is 30.8 Å². The Morgan fingerprint density at radius 1 is 1.09 bits per heavy atom. The van der Waals surface area contributed by atoms with Gasteiger partial charge in [0.05, 0.1) is 13.1 Å². The summed E-state index contributed by atoms with van der Waals surface area (Å²) in [6.45, 7) is 7.71. The fraction of sp³-hybridized carbons (Fsp3) is 0.423. The molecule has 1 fully saturated rings. The third-order valence-electron chi connectivity index (χ3n) is 5.99. The van der Waals surface area contributed by atoms with E-state index in [4.69, 9.17) is 0 Å². The molecule has 1 unspecified atom stereocenters. The molecular weight excluding hydrogens is 416 g/mol. The first-order valence-electron chi connectivity index (χ1n) is 11.5. The van der Waals surface area contributed by atoms with Crippen LogP contribution in [0.5, 0.6) is 0 Å². The zero-order valence-electron chi connectivity index (χ0n) is 20.0. The number of hydrogen-bond acceptors (Lipinski definition) is 4. The summed E-state index contributed by atoms with van der Waals surface area (Å²) in [5, 5.41) is 5.92. The third-order valence-corrected chi connectivity index (χ3v) is 5.99. The Labute approximate surface area is 196 Å². The number of likely N-dealkylation sites (N-methyl/N-ethyl adjacent to an activating group) is 1. The van der Waals surface area contributed by atoms with Gasteiger partial charge >= 0.3 is 0 Å². The van der Waals surface area contributed by atoms with Crippen LogP contribution in [-0.4, -0.2) is 60.7 Å². The first kappa shape index (κ1) is 24.3. The molecule has 7 nitrogen and oxygen atoms in total. The number of anilines is 2. The van der Waals surface area contributed by atoms with E-state index in [1.165, 1.54) is 11.3 Å². The maximum absolute atomic E-state index is 12.8. The molecule has 0 aromatic heterocycles. The van der Waals surface area contributed by atoms with E-state index in [1.54, 1.807) is 13.1 Å². The van der Waals surface area contributed by atoms with Crippen molar-refractivity contribution in [2.24, 2.45) is 5.92 Å². The zero-order chi connectivity index (χ0) is 24.0. The SMILES string of the molecule is Cc1ccc(NC(=O)CN(C)C(=O)CNc2ccc(C(=O)N3CCCC(C)C3)cc2C)cc1. The van der Waals surface area contributed by atoms with E-state index in [0.717, 1.165) is 36.3 Å². The summed E-state index contributed by atoms with van der Waals surface area (Å²) in [4.78, 5) is 40.9. The molecule has 2 N–H and O–H groups in total. The maximum atomic E-state index is 12.8. The van der Waals surface area contributed by atoms with Gasteiger partial charge in [0.15, 0.2) is 0 Å². The number of carbonyl (C=O) groups excluding carboxylic acids is 3. The molecule has 0 radical (unpaired) electrons. The highest BCUT2D eigenvalue weighted by atomic mass is 16.2. The minimum atomic E-state index is -0.249. The van der Waals surface area contributed by atoms with Gasteiger partial charge in [-0.1, -0.05) is 24.6 Å². The standard InChI is InChI=1S/C26H34N4O3/c1-18-7-10-22(11-8-18)28-24(31)17-29(4)25(32)15-27-23-12-9-21(14-20(23)3)26(33)30-13-5-6-19(2)16-30/h7-12,14,19,27H,5-6,13,15-17H2,1-4H3,(H,28,31). The smallest absolute Gasteiger partial charge is 0.253 e. The van der Waals surface area contributed by atoms with E-state index in [9.17, 15) is 14.4 Å². The van der Waals surface area contributed by atoms with Gasteiger partial charge in [-0.2, -0.15) is 0 Å². The van der Waals surface area contributed by atoms with Crippen LogP contribution in [0.15, 0.2) is 42.5 Å². The molecule has 7 heteroatoms. The number of hydrogen-bond donors (Lipinski definition) is 2. The Balaban J connectivity index is 1.50. The summed E-state index contributed by atoms with van der Waals surface area (Å²) >= 11 is 0. The highest BCUT2D eigenvalue weighted by Gasteiger charge is 2.22. The van der Waals surface area contributed by atoms with Gasteiger partial charge in [0.1, 0.15) is 0 Å². The maximum Gasteiger partial charge on any atom is 0.253 e. The average molecular weight is 451 g/mol. The van der Waals surface area contributed by atoms with Gasteiger partial charge < -0.3 is 20.4 Å². The molecule has 33 heavy (non-hydrogen) atoms. The number of nitrogens with zero attached hydrogens (tertiary/aromatic N) is 2. The number of likely N-dealkylation sites (tertiary alicyclic amines) is 1. The second-order valence-electron chi connectivity index (χ2n) is 9.05. The monoisotopic (exact) mass is 450 g/mol. The van der Waals surface area contributed by atoms with Crippen LogP contribution in [0.4, 0.5) is 11.4 Å². The van der Waals surface area contributed by atoms with E-state index < -0.39 is 0 Å². The van der Waals surface area contributed by atoms with Crippen LogP contribution < -0.4 is 10.6 Å². The Bertz CT molecular complexity index is 1000. The molecule has 0 aliphatic carbocycles. The van der Waals surface area contributed by atoms with Crippen LogP contribution >= 0.6 is 0 Å². The molecule has 1 heterocycles. The molecule has 176 valence electrons. The first-order valence-corrected chi connectivity index (χ1v) is 11.5. The lowest BCUT2D eigenvalue weighted by molar-refractivity contribution is -0.131. The van der Waals surface area contributed by atoms with Gasteiger partial charge in [-0.15, -0.1) is 0 Å². The van der Waals surface area contributed by atoms with Gasteiger partial charge in [0, 0.05) is 37.1 Å². The topological polar surface area (TPSA) is 81.8 Å². The first-order chi connectivity index (χ1) is 15.7. The molecule has 2 aromatic carbocycles. The number of piperidine rings is 1. The lowest BCUT2D eigenvalue weighted by Gasteiger charge is -2.31. The van der Waals surface area contributed by atoms with Crippen LogP contribution in [-0.2, 0) is 9.59 Å². The summed E-state index contributed by atoms with van der Waals surface area (Å²) in [6.07, 6.45) is 2.21. The lowest BCUT2D eigenvalue weighted by atomic mass is 9.99. The van der Waals surface area contributed by atoms with Crippen molar-refractivity contribution in [2.75, 3.05) is 43.9 Å². The molecule has 2 aromatic rings. The third kappa shape index (κ3) is 6.81. The van der Waals surface area contributed by atoms with Gasteiger partial charge in [-0.25, -0.2) is 0 Å². The molecule has 0 bridgehead atoms. The summed E-state index contributed by atoms with van der Waals surface area (Å²) in [5.74, 6) is 0.148. The molecule has 3 amide bonds. The number of aryl methyl sites for hydroxylation is 2. The van der Waals surface area contributed by atoms with Crippen LogP contribution in [0.2, 0.25) is 0 Å². The zero-order valence-corrected chi connectivity index (χ0v) is 20.0. The molecule has 1 aliphatic heterocycles. The summed E-state index contributed by atoms with van der Waals surface area (Å²) < 4.78 is 0. The molecule has 1 aliphatic rings. The van der Waals surface area contributed by atoms with Crippen molar-refractivity contribution in [3.63, 3.8) is 0 Å². The molecular formula is C26H34N4O3. The fourth-order valence-corrected chi connectivity index (χ4v) is 4.00. The van der Waals surface area contributed by atoms with Gasteiger partial charge in [0.2, 0.25) is 11.8 Å². The number of carbonyl (C=O) groups is 3. The van der Waals surface area contributed by atoms with E-state index in [2.05, 4.69) is 17.6 Å². The van der Waals surface area contributed by atoms with Crippen molar-refractivity contribution in [1.82, 2.24) is 9.80 Å². The highest BCUT2D eigenvalue weighted by Crippen LogP contribution is 2.21. The molecule has 0 spiro atoms. The normalized spacial score (nSPS) is 15.6. The van der Waals surface area contributed by atoms with Crippen molar-refractivity contribution < 1.29 is 14.4 Å². The van der Waals surface area contributed by atoms with E-state index in [0.29, 0.717) is 17.2 Å². The molecule has 1 atom stereocenters. The number of amides is 3.